The van der Waals surface area contributed by atoms with Crippen LogP contribution >= 0.6 is 0 Å². The van der Waals surface area contributed by atoms with E-state index in [1.165, 1.54) is 19.3 Å². The van der Waals surface area contributed by atoms with Crippen molar-refractivity contribution in [2.24, 2.45) is 0 Å². The van der Waals surface area contributed by atoms with Gasteiger partial charge in [0.2, 0.25) is 0 Å². The van der Waals surface area contributed by atoms with Gasteiger partial charge in [0.25, 0.3) is 11.8 Å². The molecule has 0 aromatic carbocycles. The zero-order valence-corrected chi connectivity index (χ0v) is 14.1. The average molecular weight is 349 g/mol. The van der Waals surface area contributed by atoms with Gasteiger partial charge in [-0.3, -0.25) is 9.59 Å². The second kappa shape index (κ2) is 8.13. The fourth-order valence-electron chi connectivity index (χ4n) is 1.93. The maximum Gasteiger partial charge on any atom is 0.329 e. The molecule has 2 atom stereocenters. The normalized spacial score (nSPS) is 12.9. The molecule has 2 aromatic rings. The van der Waals surface area contributed by atoms with Gasteiger partial charge in [-0.15, -0.1) is 0 Å². The number of hydrogen-bond acceptors (Lipinski definition) is 7. The second-order valence-electron chi connectivity index (χ2n) is 5.32. The molecule has 0 saturated heterocycles. The van der Waals surface area contributed by atoms with E-state index in [2.05, 4.69) is 15.8 Å². The molecule has 0 saturated carbocycles. The minimum atomic E-state index is -1.02. The molecular formula is C16H19N3O6. The maximum atomic E-state index is 12.1. The monoisotopic (exact) mass is 349 g/mol. The first-order valence-electron chi connectivity index (χ1n) is 7.69. The maximum absolute atomic E-state index is 12.1. The molecule has 0 radical (unpaired) electrons. The molecule has 0 aliphatic heterocycles. The Morgan fingerprint density at radius 3 is 2.68 bits per heavy atom. The Morgan fingerprint density at radius 2 is 2.12 bits per heavy atom. The van der Waals surface area contributed by atoms with E-state index in [0.29, 0.717) is 5.76 Å². The summed E-state index contributed by atoms with van der Waals surface area (Å²) >= 11 is 0. The lowest BCUT2D eigenvalue weighted by Crippen LogP contribution is -2.42. The Hall–Kier alpha value is -3.10. The molecule has 2 N–H and O–H groups in total. The molecule has 2 aromatic heterocycles. The standard InChI is InChI=1S/C16H19N3O6/c1-4-11(14(20)18-13-8-9(2)25-19-13)24-16(22)10(3)17-15(21)12-6-5-7-23-12/h5-8,10-11H,4H2,1-3H3,(H,17,21)(H,18,19,20)/t10-,11?/m0/s1. The number of nitrogens with one attached hydrogen (secondary N) is 2. The lowest BCUT2D eigenvalue weighted by atomic mass is 10.2. The van der Waals surface area contributed by atoms with Crippen LogP contribution in [0.5, 0.6) is 0 Å². The molecule has 9 nitrogen and oxygen atoms in total. The highest BCUT2D eigenvalue weighted by Gasteiger charge is 2.26. The second-order valence-corrected chi connectivity index (χ2v) is 5.32. The number of esters is 1. The van der Waals surface area contributed by atoms with Crippen molar-refractivity contribution in [1.82, 2.24) is 10.5 Å². The van der Waals surface area contributed by atoms with Crippen molar-refractivity contribution in [3.8, 4) is 0 Å². The van der Waals surface area contributed by atoms with Crippen molar-refractivity contribution in [3.63, 3.8) is 0 Å². The number of hydrogen-bond donors (Lipinski definition) is 2. The van der Waals surface area contributed by atoms with Crippen molar-refractivity contribution in [2.45, 2.75) is 39.3 Å². The predicted octanol–water partition coefficient (Wildman–Crippen LogP) is 1.65. The Kier molecular flexibility index (Phi) is 5.93. The summed E-state index contributed by atoms with van der Waals surface area (Å²) in [5.74, 6) is -0.978. The van der Waals surface area contributed by atoms with E-state index in [-0.39, 0.29) is 18.0 Å². The van der Waals surface area contributed by atoms with Crippen LogP contribution in [0, 0.1) is 6.92 Å². The van der Waals surface area contributed by atoms with Crippen LogP contribution in [0.1, 0.15) is 36.6 Å². The van der Waals surface area contributed by atoms with Gasteiger partial charge >= 0.3 is 5.97 Å². The SMILES string of the molecule is CCC(OC(=O)[C@H](C)NC(=O)c1ccco1)C(=O)Nc1cc(C)on1. The molecule has 0 fully saturated rings. The zero-order valence-electron chi connectivity index (χ0n) is 14.1. The van der Waals surface area contributed by atoms with Crippen molar-refractivity contribution in [3.05, 3.63) is 36.0 Å². The third kappa shape index (κ3) is 4.93. The van der Waals surface area contributed by atoms with Crippen LogP contribution in [0.25, 0.3) is 0 Å². The number of furan rings is 1. The van der Waals surface area contributed by atoms with Gasteiger partial charge in [0.15, 0.2) is 17.7 Å². The van der Waals surface area contributed by atoms with E-state index in [9.17, 15) is 14.4 Å². The number of amides is 2. The lowest BCUT2D eigenvalue weighted by molar-refractivity contribution is -0.155. The van der Waals surface area contributed by atoms with E-state index >= 15 is 0 Å². The summed E-state index contributed by atoms with van der Waals surface area (Å²) in [5, 5.41) is 8.57. The van der Waals surface area contributed by atoms with E-state index in [1.54, 1.807) is 26.0 Å². The number of carbonyl (C=O) groups is 3. The van der Waals surface area contributed by atoms with Gasteiger partial charge < -0.3 is 24.3 Å². The molecule has 25 heavy (non-hydrogen) atoms. The highest BCUT2D eigenvalue weighted by Crippen LogP contribution is 2.10. The summed E-state index contributed by atoms with van der Waals surface area (Å²) in [6.45, 7) is 4.83. The smallest absolute Gasteiger partial charge is 0.329 e. The van der Waals surface area contributed by atoms with Gasteiger partial charge in [-0.2, -0.15) is 0 Å². The molecule has 2 rings (SSSR count). The van der Waals surface area contributed by atoms with Crippen LogP contribution in [0.4, 0.5) is 5.82 Å². The van der Waals surface area contributed by atoms with Crippen LogP contribution in [-0.4, -0.2) is 35.1 Å². The molecule has 1 unspecified atom stereocenters. The van der Waals surface area contributed by atoms with Gasteiger partial charge in [-0.25, -0.2) is 4.79 Å². The van der Waals surface area contributed by atoms with E-state index in [4.69, 9.17) is 13.7 Å². The van der Waals surface area contributed by atoms with Gasteiger partial charge in [0.1, 0.15) is 11.8 Å². The number of aromatic nitrogens is 1. The first-order valence-corrected chi connectivity index (χ1v) is 7.69. The largest absolute Gasteiger partial charge is 0.459 e. The molecule has 134 valence electrons. The highest BCUT2D eigenvalue weighted by atomic mass is 16.5. The Bertz CT molecular complexity index is 737. The predicted molar refractivity (Wildman–Crippen MR) is 85.7 cm³/mol. The third-order valence-electron chi connectivity index (χ3n) is 3.25. The Balaban J connectivity index is 1.89. The summed E-state index contributed by atoms with van der Waals surface area (Å²) < 4.78 is 15.0. The summed E-state index contributed by atoms with van der Waals surface area (Å²) in [7, 11) is 0. The van der Waals surface area contributed by atoms with Crippen LogP contribution in [0.15, 0.2) is 33.4 Å². The van der Waals surface area contributed by atoms with E-state index in [0.717, 1.165) is 0 Å². The first-order chi connectivity index (χ1) is 11.9. The van der Waals surface area contributed by atoms with Crippen molar-refractivity contribution in [1.29, 1.82) is 0 Å². The quantitative estimate of drug-likeness (QED) is 0.728. The lowest BCUT2D eigenvalue weighted by Gasteiger charge is -2.18. The molecule has 0 spiro atoms. The van der Waals surface area contributed by atoms with Crippen molar-refractivity contribution >= 4 is 23.6 Å². The number of anilines is 1. The summed E-state index contributed by atoms with van der Waals surface area (Å²) in [6, 6.07) is 3.61. The van der Waals surface area contributed by atoms with E-state index in [1.807, 2.05) is 0 Å². The van der Waals surface area contributed by atoms with Gasteiger partial charge in [-0.05, 0) is 32.4 Å². The molecular weight excluding hydrogens is 330 g/mol. The van der Waals surface area contributed by atoms with Crippen LogP contribution in [0.2, 0.25) is 0 Å². The van der Waals surface area contributed by atoms with Gasteiger partial charge in [0.05, 0.1) is 6.26 Å². The average Bonchev–Trinajstić information content (AvgIpc) is 3.23. The van der Waals surface area contributed by atoms with Crippen molar-refractivity contribution < 1.29 is 28.1 Å². The Morgan fingerprint density at radius 1 is 1.36 bits per heavy atom. The number of nitrogens with zero attached hydrogens (tertiary/aromatic N) is 1. The summed E-state index contributed by atoms with van der Waals surface area (Å²) in [6.07, 6.45) is 0.585. The highest BCUT2D eigenvalue weighted by molar-refractivity contribution is 5.96. The molecule has 0 bridgehead atoms. The van der Waals surface area contributed by atoms with Gasteiger partial charge in [-0.1, -0.05) is 12.1 Å². The molecule has 2 heterocycles. The fraction of sp³-hybridized carbons (Fsp3) is 0.375. The minimum absolute atomic E-state index is 0.0748. The number of ether oxygens (including phenoxy) is 1. The summed E-state index contributed by atoms with van der Waals surface area (Å²) in [4.78, 5) is 36.1. The zero-order chi connectivity index (χ0) is 18.4. The molecule has 0 aliphatic rings. The number of aryl methyl sites for hydroxylation is 1. The Labute approximate surface area is 143 Å². The van der Waals surface area contributed by atoms with Crippen molar-refractivity contribution in [2.75, 3.05) is 5.32 Å². The van der Waals surface area contributed by atoms with Crippen LogP contribution in [0.3, 0.4) is 0 Å². The number of carbonyl (C=O) groups excluding carboxylic acids is 3. The molecule has 2 amide bonds. The molecule has 0 aliphatic carbocycles. The minimum Gasteiger partial charge on any atom is -0.459 e. The summed E-state index contributed by atoms with van der Waals surface area (Å²) in [5.41, 5.74) is 0. The molecule has 9 heteroatoms. The first kappa shape index (κ1) is 18.2. The van der Waals surface area contributed by atoms with Crippen LogP contribution in [-0.2, 0) is 14.3 Å². The fourth-order valence-corrected chi connectivity index (χ4v) is 1.93. The number of rotatable bonds is 7. The van der Waals surface area contributed by atoms with Crippen LogP contribution < -0.4 is 10.6 Å². The van der Waals surface area contributed by atoms with Gasteiger partial charge in [0, 0.05) is 6.07 Å². The third-order valence-corrected chi connectivity index (χ3v) is 3.25. The van der Waals surface area contributed by atoms with E-state index < -0.39 is 29.9 Å². The topological polar surface area (TPSA) is 124 Å².